The van der Waals surface area contributed by atoms with Gasteiger partial charge in [-0.2, -0.15) is 0 Å². The number of alkyl halides is 1. The third-order valence-corrected chi connectivity index (χ3v) is 2.86. The number of imidazole rings is 1. The highest BCUT2D eigenvalue weighted by Gasteiger charge is 2.21. The van der Waals surface area contributed by atoms with E-state index in [0.717, 1.165) is 16.9 Å². The highest BCUT2D eigenvalue weighted by molar-refractivity contribution is 6.17. The molecular formula is C13H16ClFN2. The summed E-state index contributed by atoms with van der Waals surface area (Å²) in [5, 5.41) is 0. The first-order valence-electron chi connectivity index (χ1n) is 5.67. The van der Waals surface area contributed by atoms with E-state index in [1.54, 1.807) is 6.07 Å². The van der Waals surface area contributed by atoms with Crippen LogP contribution in [0.25, 0.3) is 11.0 Å². The first-order chi connectivity index (χ1) is 7.93. The van der Waals surface area contributed by atoms with Gasteiger partial charge in [0.15, 0.2) is 0 Å². The van der Waals surface area contributed by atoms with Gasteiger partial charge < -0.3 is 4.57 Å². The molecule has 4 heteroatoms. The first-order valence-corrected chi connectivity index (χ1v) is 6.20. The van der Waals surface area contributed by atoms with E-state index in [-0.39, 0.29) is 11.4 Å². The van der Waals surface area contributed by atoms with Crippen molar-refractivity contribution >= 4 is 22.6 Å². The van der Waals surface area contributed by atoms with Crippen LogP contribution in [0.1, 0.15) is 26.6 Å². The van der Waals surface area contributed by atoms with E-state index in [4.69, 9.17) is 11.6 Å². The number of aryl methyl sites for hydroxylation is 1. The number of hydrogen-bond donors (Lipinski definition) is 0. The van der Waals surface area contributed by atoms with Crippen LogP contribution < -0.4 is 0 Å². The Morgan fingerprint density at radius 3 is 2.65 bits per heavy atom. The molecule has 1 heterocycles. The van der Waals surface area contributed by atoms with Crippen molar-refractivity contribution in [1.82, 2.24) is 9.55 Å². The van der Waals surface area contributed by atoms with Gasteiger partial charge in [-0.05, 0) is 39.0 Å². The Kier molecular flexibility index (Phi) is 3.13. The Bertz CT molecular complexity index is 540. The minimum absolute atomic E-state index is 0.135. The lowest BCUT2D eigenvalue weighted by Gasteiger charge is -2.24. The molecule has 0 spiro atoms. The predicted molar refractivity (Wildman–Crippen MR) is 69.1 cm³/mol. The van der Waals surface area contributed by atoms with E-state index in [2.05, 4.69) is 30.3 Å². The van der Waals surface area contributed by atoms with Gasteiger partial charge in [0.05, 0.1) is 11.0 Å². The third-order valence-electron chi connectivity index (χ3n) is 2.67. The maximum atomic E-state index is 13.3. The summed E-state index contributed by atoms with van der Waals surface area (Å²) >= 11 is 5.79. The fourth-order valence-corrected chi connectivity index (χ4v) is 2.27. The van der Waals surface area contributed by atoms with Crippen LogP contribution in [0, 0.1) is 5.82 Å². The molecule has 0 amide bonds. The zero-order chi connectivity index (χ0) is 12.6. The Balaban J connectivity index is 2.73. The van der Waals surface area contributed by atoms with Gasteiger partial charge in [-0.25, -0.2) is 9.37 Å². The number of benzene rings is 1. The average molecular weight is 255 g/mol. The monoisotopic (exact) mass is 254 g/mol. The number of aromatic nitrogens is 2. The molecule has 0 aliphatic carbocycles. The maximum Gasteiger partial charge on any atom is 0.125 e. The van der Waals surface area contributed by atoms with Gasteiger partial charge >= 0.3 is 0 Å². The molecule has 0 atom stereocenters. The largest absolute Gasteiger partial charge is 0.322 e. The topological polar surface area (TPSA) is 17.8 Å². The molecule has 0 unspecified atom stereocenters. The molecule has 0 radical (unpaired) electrons. The van der Waals surface area contributed by atoms with Crippen LogP contribution in [0.15, 0.2) is 18.2 Å². The molecule has 0 saturated heterocycles. The van der Waals surface area contributed by atoms with Crippen molar-refractivity contribution in [3.63, 3.8) is 0 Å². The van der Waals surface area contributed by atoms with Crippen molar-refractivity contribution in [2.45, 2.75) is 32.7 Å². The predicted octanol–water partition coefficient (Wildman–Crippen LogP) is 3.71. The molecule has 2 rings (SSSR count). The molecule has 0 bridgehead atoms. The fourth-order valence-electron chi connectivity index (χ4n) is 2.10. The van der Waals surface area contributed by atoms with Gasteiger partial charge in [-0.1, -0.05) is 0 Å². The molecule has 0 aliphatic heterocycles. The molecule has 17 heavy (non-hydrogen) atoms. The summed E-state index contributed by atoms with van der Waals surface area (Å²) in [5.74, 6) is 1.19. The number of hydrogen-bond acceptors (Lipinski definition) is 1. The quantitative estimate of drug-likeness (QED) is 0.747. The number of fused-ring (bicyclic) bond motifs is 1. The summed E-state index contributed by atoms with van der Waals surface area (Å²) in [6, 6.07) is 4.68. The molecule has 0 N–H and O–H groups in total. The van der Waals surface area contributed by atoms with Crippen molar-refractivity contribution in [3.05, 3.63) is 29.8 Å². The minimum atomic E-state index is -0.236. The maximum absolute atomic E-state index is 13.3. The smallest absolute Gasteiger partial charge is 0.125 e. The molecule has 0 saturated carbocycles. The number of rotatable bonds is 2. The van der Waals surface area contributed by atoms with Crippen LogP contribution in [0.4, 0.5) is 4.39 Å². The van der Waals surface area contributed by atoms with Gasteiger partial charge in [0, 0.05) is 17.8 Å². The molecule has 2 nitrogen and oxygen atoms in total. The van der Waals surface area contributed by atoms with E-state index in [0.29, 0.717) is 12.3 Å². The van der Waals surface area contributed by atoms with Crippen molar-refractivity contribution in [3.8, 4) is 0 Å². The third kappa shape index (κ3) is 2.29. The van der Waals surface area contributed by atoms with E-state index in [1.165, 1.54) is 12.1 Å². The molecule has 2 aromatic rings. The van der Waals surface area contributed by atoms with Crippen molar-refractivity contribution in [1.29, 1.82) is 0 Å². The summed E-state index contributed by atoms with van der Waals surface area (Å²) in [4.78, 5) is 4.52. The minimum Gasteiger partial charge on any atom is -0.322 e. The van der Waals surface area contributed by atoms with Gasteiger partial charge in [-0.15, -0.1) is 11.6 Å². The Labute approximate surface area is 105 Å². The molecule has 92 valence electrons. The summed E-state index contributed by atoms with van der Waals surface area (Å²) in [6.45, 7) is 6.24. The van der Waals surface area contributed by atoms with Crippen LogP contribution in [-0.2, 0) is 12.0 Å². The summed E-state index contributed by atoms with van der Waals surface area (Å²) in [6.07, 6.45) is 0.690. The molecule has 1 aromatic heterocycles. The number of halogens is 2. The molecule has 0 aliphatic rings. The number of nitrogens with zero attached hydrogens (tertiary/aromatic N) is 2. The van der Waals surface area contributed by atoms with Crippen molar-refractivity contribution in [2.24, 2.45) is 0 Å². The highest BCUT2D eigenvalue weighted by Crippen LogP contribution is 2.26. The lowest BCUT2D eigenvalue weighted by molar-refractivity contribution is 0.395. The summed E-state index contributed by atoms with van der Waals surface area (Å²) in [7, 11) is 0. The molecule has 1 aromatic carbocycles. The van der Waals surface area contributed by atoms with Crippen LogP contribution in [0.2, 0.25) is 0 Å². The van der Waals surface area contributed by atoms with Crippen LogP contribution in [-0.4, -0.2) is 15.4 Å². The van der Waals surface area contributed by atoms with E-state index >= 15 is 0 Å². The summed E-state index contributed by atoms with van der Waals surface area (Å²) < 4.78 is 15.4. The van der Waals surface area contributed by atoms with Crippen molar-refractivity contribution in [2.75, 3.05) is 5.88 Å². The lowest BCUT2D eigenvalue weighted by Crippen LogP contribution is -2.24. The van der Waals surface area contributed by atoms with Gasteiger partial charge in [0.25, 0.3) is 0 Å². The van der Waals surface area contributed by atoms with Gasteiger partial charge in [0.1, 0.15) is 11.6 Å². The zero-order valence-corrected chi connectivity index (χ0v) is 11.1. The van der Waals surface area contributed by atoms with Crippen LogP contribution >= 0.6 is 11.6 Å². The second kappa shape index (κ2) is 4.30. The summed E-state index contributed by atoms with van der Waals surface area (Å²) in [5.41, 5.74) is 1.52. The standard InChI is InChI=1S/C13H16ClFN2/c1-13(2,3)17-11-8-9(15)4-5-10(11)16-12(17)6-7-14/h4-5,8H,6-7H2,1-3H3. The second-order valence-electron chi connectivity index (χ2n) is 5.11. The fraction of sp³-hybridized carbons (Fsp3) is 0.462. The highest BCUT2D eigenvalue weighted by atomic mass is 35.5. The van der Waals surface area contributed by atoms with Gasteiger partial charge in [0.2, 0.25) is 0 Å². The van der Waals surface area contributed by atoms with Crippen molar-refractivity contribution < 1.29 is 4.39 Å². The van der Waals surface area contributed by atoms with E-state index in [1.807, 2.05) is 0 Å². The van der Waals surface area contributed by atoms with E-state index in [9.17, 15) is 4.39 Å². The van der Waals surface area contributed by atoms with E-state index < -0.39 is 0 Å². The molecular weight excluding hydrogens is 239 g/mol. The average Bonchev–Trinajstić information content (AvgIpc) is 2.54. The van der Waals surface area contributed by atoms with Crippen LogP contribution in [0.3, 0.4) is 0 Å². The Morgan fingerprint density at radius 1 is 1.35 bits per heavy atom. The SMILES string of the molecule is CC(C)(C)n1c(CCCl)nc2ccc(F)cc21. The Morgan fingerprint density at radius 2 is 2.06 bits per heavy atom. The first kappa shape index (κ1) is 12.4. The zero-order valence-electron chi connectivity index (χ0n) is 10.3. The Hall–Kier alpha value is -1.09. The lowest BCUT2D eigenvalue weighted by atomic mass is 10.1. The van der Waals surface area contributed by atoms with Crippen LogP contribution in [0.5, 0.6) is 0 Å². The normalized spacial score (nSPS) is 12.3. The second-order valence-corrected chi connectivity index (χ2v) is 5.48. The van der Waals surface area contributed by atoms with Gasteiger partial charge in [-0.3, -0.25) is 0 Å². The molecule has 0 fully saturated rings.